The van der Waals surface area contributed by atoms with Gasteiger partial charge in [-0.1, -0.05) is 201 Å². The maximum atomic E-state index is 5.05. The van der Waals surface area contributed by atoms with Gasteiger partial charge in [0.15, 0.2) is 34.9 Å². The monoisotopic (exact) mass is 870 g/mol. The molecule has 0 N–H and O–H groups in total. The average molecular weight is 871 g/mol. The summed E-state index contributed by atoms with van der Waals surface area (Å²) in [5.74, 6) is 4.43. The van der Waals surface area contributed by atoms with Gasteiger partial charge in [-0.3, -0.25) is 0 Å². The normalized spacial score (nSPS) is 16.8. The molecule has 2 heterocycles. The van der Waals surface area contributed by atoms with Gasteiger partial charge >= 0.3 is 0 Å². The summed E-state index contributed by atoms with van der Waals surface area (Å²) in [6, 6.07) is 44.9. The van der Waals surface area contributed by atoms with Crippen molar-refractivity contribution in [1.29, 1.82) is 0 Å². The second-order valence-electron chi connectivity index (χ2n) is 18.2. The van der Waals surface area contributed by atoms with Gasteiger partial charge in [0.25, 0.3) is 0 Å². The first-order chi connectivity index (χ1) is 32.7. The molecule has 7 aromatic rings. The first kappa shape index (κ1) is 43.2. The fourth-order valence-corrected chi connectivity index (χ4v) is 9.75. The fourth-order valence-electron chi connectivity index (χ4n) is 9.75. The number of fused-ring (bicyclic) bond motifs is 2. The Hall–Kier alpha value is -7.70. The first-order valence-corrected chi connectivity index (χ1v) is 23.5. The molecule has 6 nitrogen and oxygen atoms in total. The minimum atomic E-state index is -0.0781. The topological polar surface area (TPSA) is 77.3 Å². The molecule has 0 saturated carbocycles. The van der Waals surface area contributed by atoms with E-state index in [1.54, 1.807) is 0 Å². The second-order valence-corrected chi connectivity index (χ2v) is 18.2. The van der Waals surface area contributed by atoms with Crippen molar-refractivity contribution < 1.29 is 0 Å². The van der Waals surface area contributed by atoms with Gasteiger partial charge in [0, 0.05) is 33.4 Å². The van der Waals surface area contributed by atoms with Gasteiger partial charge in [0.05, 0.1) is 0 Å². The van der Waals surface area contributed by atoms with E-state index in [-0.39, 0.29) is 5.41 Å². The third-order valence-electron chi connectivity index (χ3n) is 13.5. The zero-order chi connectivity index (χ0) is 45.9. The van der Waals surface area contributed by atoms with E-state index in [2.05, 4.69) is 124 Å². The van der Waals surface area contributed by atoms with Crippen LogP contribution in [-0.4, -0.2) is 29.9 Å². The molecule has 0 fully saturated rings. The quantitative estimate of drug-likeness (QED) is 0.127. The largest absolute Gasteiger partial charge is 0.208 e. The lowest BCUT2D eigenvalue weighted by Gasteiger charge is -2.44. The van der Waals surface area contributed by atoms with Gasteiger partial charge in [-0.2, -0.15) is 0 Å². The average Bonchev–Trinajstić information content (AvgIpc) is 3.38. The van der Waals surface area contributed by atoms with Crippen LogP contribution in [-0.2, 0) is 11.8 Å². The van der Waals surface area contributed by atoms with E-state index in [1.807, 2.05) is 92.8 Å². The zero-order valence-corrected chi connectivity index (χ0v) is 38.9. The highest BCUT2D eigenvalue weighted by atomic mass is 15.0. The summed E-state index contributed by atoms with van der Waals surface area (Å²) in [6.45, 7) is 11.0. The SMILES string of the molecule is C\C=C/C=C\C(=C\C)c1nc(-c2ccccc2)nc(-c2ccc(C3=CC=C4Cc5ccc(-c6ccc(-c7nc(C8=CCCC=C8C)nc(-c8ccccc8)n7)cc6)cc5C(C)(C)C4C3)cc2)n1. The Labute approximate surface area is 394 Å². The molecule has 5 aromatic carbocycles. The van der Waals surface area contributed by atoms with Crippen LogP contribution in [0.25, 0.3) is 73.4 Å². The maximum Gasteiger partial charge on any atom is 0.164 e. The summed E-state index contributed by atoms with van der Waals surface area (Å²) in [5, 5.41) is 0. The fraction of sp³-hybridized carbons (Fsp3) is 0.180. The van der Waals surface area contributed by atoms with Gasteiger partial charge in [0.1, 0.15) is 0 Å². The number of allylic oxidation sites excluding steroid dienone is 14. The van der Waals surface area contributed by atoms with Crippen molar-refractivity contribution in [3.05, 3.63) is 222 Å². The molecule has 0 radical (unpaired) electrons. The van der Waals surface area contributed by atoms with Crippen molar-refractivity contribution >= 4 is 16.7 Å². The van der Waals surface area contributed by atoms with E-state index in [0.29, 0.717) is 35.0 Å². The first-order valence-electron chi connectivity index (χ1n) is 23.5. The van der Waals surface area contributed by atoms with E-state index in [0.717, 1.165) is 64.9 Å². The Balaban J connectivity index is 0.902. The number of hydrogen-bond donors (Lipinski definition) is 0. The summed E-state index contributed by atoms with van der Waals surface area (Å²) in [5.41, 5.74) is 16.3. The summed E-state index contributed by atoms with van der Waals surface area (Å²) in [6.07, 6.45) is 23.3. The smallest absolute Gasteiger partial charge is 0.164 e. The molecule has 2 aromatic heterocycles. The molecule has 6 heteroatoms. The summed E-state index contributed by atoms with van der Waals surface area (Å²) in [4.78, 5) is 29.9. The van der Waals surface area contributed by atoms with E-state index in [9.17, 15) is 0 Å². The van der Waals surface area contributed by atoms with Crippen LogP contribution in [0, 0.1) is 5.92 Å². The Morgan fingerprint density at radius 2 is 1.09 bits per heavy atom. The highest BCUT2D eigenvalue weighted by Crippen LogP contribution is 2.50. The number of rotatable bonds is 10. The van der Waals surface area contributed by atoms with Gasteiger partial charge in [-0.05, 0) is 96.8 Å². The van der Waals surface area contributed by atoms with Crippen molar-refractivity contribution in [3.63, 3.8) is 0 Å². The lowest BCUT2D eigenvalue weighted by Crippen LogP contribution is -2.37. The summed E-state index contributed by atoms with van der Waals surface area (Å²) < 4.78 is 0. The summed E-state index contributed by atoms with van der Waals surface area (Å²) >= 11 is 0. The van der Waals surface area contributed by atoms with Crippen molar-refractivity contribution in [1.82, 2.24) is 29.9 Å². The molecule has 0 amide bonds. The van der Waals surface area contributed by atoms with E-state index in [1.165, 1.54) is 44.5 Å². The lowest BCUT2D eigenvalue weighted by molar-refractivity contribution is 0.346. The Bertz CT molecular complexity index is 3200. The number of hydrogen-bond acceptors (Lipinski definition) is 6. The minimum Gasteiger partial charge on any atom is -0.208 e. The van der Waals surface area contributed by atoms with Crippen molar-refractivity contribution in [2.75, 3.05) is 0 Å². The predicted octanol–water partition coefficient (Wildman–Crippen LogP) is 14.9. The molecule has 0 aliphatic heterocycles. The minimum absolute atomic E-state index is 0.0781. The third kappa shape index (κ3) is 8.87. The van der Waals surface area contributed by atoms with Crippen LogP contribution in [0.1, 0.15) is 82.2 Å². The van der Waals surface area contributed by atoms with Crippen LogP contribution in [0.5, 0.6) is 0 Å². The Morgan fingerprint density at radius 3 is 1.69 bits per heavy atom. The zero-order valence-electron chi connectivity index (χ0n) is 38.9. The Kier molecular flexibility index (Phi) is 12.0. The van der Waals surface area contributed by atoms with E-state index in [4.69, 9.17) is 29.9 Å². The molecule has 3 aliphatic carbocycles. The van der Waals surface area contributed by atoms with Crippen LogP contribution in [0.3, 0.4) is 0 Å². The van der Waals surface area contributed by atoms with E-state index >= 15 is 0 Å². The van der Waals surface area contributed by atoms with E-state index < -0.39 is 0 Å². The van der Waals surface area contributed by atoms with Crippen molar-refractivity contribution in [3.8, 4) is 56.7 Å². The molecule has 0 saturated heterocycles. The standard InChI is InChI=1S/C61H54N6/c1-6-8-11-19-41(7-2)55-62-56(44-20-12-9-13-21-44)64-58(63-55)46-29-25-42(26-30-46)48-33-35-50-37-51-36-34-49(39-54(51)61(4,5)53(50)38-48)43-27-31-47(32-28-43)59-65-57(45-22-14-10-15-23-45)66-60(67-59)52-24-17-16-18-40(52)3/h6-15,18-36,39,53H,16-17,37-38H2,1-5H3/b8-6-,19-11-,41-7-. The molecule has 67 heavy (non-hydrogen) atoms. The van der Waals surface area contributed by atoms with Gasteiger partial charge in [0.2, 0.25) is 0 Å². The number of nitrogens with zero attached hydrogens (tertiary/aromatic N) is 6. The van der Waals surface area contributed by atoms with Gasteiger partial charge in [-0.15, -0.1) is 0 Å². The second kappa shape index (κ2) is 18.7. The summed E-state index contributed by atoms with van der Waals surface area (Å²) in [7, 11) is 0. The van der Waals surface area contributed by atoms with Gasteiger partial charge in [-0.25, -0.2) is 29.9 Å². The van der Waals surface area contributed by atoms with Crippen molar-refractivity contribution in [2.45, 2.75) is 65.7 Å². The lowest BCUT2D eigenvalue weighted by atomic mass is 9.60. The molecule has 328 valence electrons. The highest BCUT2D eigenvalue weighted by molar-refractivity contribution is 5.79. The molecule has 10 rings (SSSR count). The highest BCUT2D eigenvalue weighted by Gasteiger charge is 2.40. The third-order valence-corrected chi connectivity index (χ3v) is 13.5. The van der Waals surface area contributed by atoms with Crippen LogP contribution in [0.15, 0.2) is 193 Å². The van der Waals surface area contributed by atoms with Crippen molar-refractivity contribution in [2.24, 2.45) is 5.92 Å². The predicted molar refractivity (Wildman–Crippen MR) is 276 cm³/mol. The molecule has 1 atom stereocenters. The number of benzene rings is 5. The number of aromatic nitrogens is 6. The maximum absolute atomic E-state index is 5.05. The van der Waals surface area contributed by atoms with Crippen LogP contribution >= 0.6 is 0 Å². The van der Waals surface area contributed by atoms with Crippen LogP contribution in [0.2, 0.25) is 0 Å². The molecule has 1 unspecified atom stereocenters. The van der Waals surface area contributed by atoms with Crippen LogP contribution in [0.4, 0.5) is 0 Å². The molecule has 0 bridgehead atoms. The Morgan fingerprint density at radius 1 is 0.552 bits per heavy atom. The molecule has 0 spiro atoms. The molecule has 3 aliphatic rings. The molecular formula is C61H54N6. The molecular weight excluding hydrogens is 817 g/mol. The van der Waals surface area contributed by atoms with Crippen LogP contribution < -0.4 is 0 Å². The van der Waals surface area contributed by atoms with Gasteiger partial charge < -0.3 is 0 Å².